The standard InChI is InChI=1S/C59H66F2N10O8/c60-41-32-40(33-42(61)53(41)68-24-16-35(17-25-68)34-6-2-1-3-7-34)71-47(38-10-12-43-45(30-38)64-54(62-43)49-8-4-22-69(49)56(72)51(66-58(74)75)36-18-26-78-27-19-36)14-15-48(71)39-11-13-44-46(31-39)65-55(63-44)50-9-5-23-70(50)57(73)52(67-59(76)77)37-20-28-79-29-21-37/h1-3,6-7,10-14,30-33,35-37,48-52,66-67H,4-5,8-9,15-29H2,(H,62,64)(H,63,65)(H,74,75)(H,76,77)/t48-,49+,50?,51+,52?/m1/s1. The van der Waals surface area contributed by atoms with Crippen LogP contribution in [0.3, 0.4) is 0 Å². The molecule has 5 atom stereocenters. The predicted octanol–water partition coefficient (Wildman–Crippen LogP) is 9.55. The SMILES string of the molecule is O=C(O)NC(C(=O)N1CCCC1c1nc2ccc([C@H]3CC=C(c4ccc5nc([C@@H]6CCCN6C(=O)[C@@H](NC(=O)O)C6CCOCC6)[nH]c5c4)N3c3cc(F)c(N4CCC(c5ccccc5)CC4)c(F)c3)cc2[nH]1)C1CCOCC1. The number of piperidine rings is 1. The summed E-state index contributed by atoms with van der Waals surface area (Å²) in [5.41, 5.74) is 6.67. The molecule has 6 aliphatic heterocycles. The zero-order valence-electron chi connectivity index (χ0n) is 43.9. The molecule has 0 spiro atoms. The average molecular weight is 1080 g/mol. The lowest BCUT2D eigenvalue weighted by atomic mass is 9.89. The van der Waals surface area contributed by atoms with Crippen molar-refractivity contribution in [1.29, 1.82) is 0 Å². The van der Waals surface area contributed by atoms with E-state index in [4.69, 9.17) is 19.4 Å². The molecule has 6 N–H and O–H groups in total. The number of rotatable bonds is 13. The lowest BCUT2D eigenvalue weighted by Crippen LogP contribution is -2.52. The summed E-state index contributed by atoms with van der Waals surface area (Å²) < 4.78 is 44.8. The Balaban J connectivity index is 0.850. The van der Waals surface area contributed by atoms with Crippen LogP contribution in [0.2, 0.25) is 0 Å². The van der Waals surface area contributed by atoms with Crippen LogP contribution in [0.1, 0.15) is 123 Å². The minimum atomic E-state index is -1.25. The molecule has 8 heterocycles. The number of hydrogen-bond donors (Lipinski definition) is 6. The number of imidazole rings is 2. The van der Waals surface area contributed by atoms with Crippen LogP contribution >= 0.6 is 0 Å². The summed E-state index contributed by atoms with van der Waals surface area (Å²) in [4.78, 5) is 76.6. The second kappa shape index (κ2) is 22.3. The zero-order valence-corrected chi connectivity index (χ0v) is 43.9. The van der Waals surface area contributed by atoms with Gasteiger partial charge in [-0.3, -0.25) is 9.59 Å². The normalized spacial score (nSPS) is 22.4. The fourth-order valence-electron chi connectivity index (χ4n) is 13.5. The smallest absolute Gasteiger partial charge is 0.405 e. The van der Waals surface area contributed by atoms with Crippen molar-refractivity contribution in [1.82, 2.24) is 40.4 Å². The molecule has 5 fully saturated rings. The minimum absolute atomic E-state index is 0.0381. The van der Waals surface area contributed by atoms with Gasteiger partial charge in [0.05, 0.1) is 40.2 Å². The van der Waals surface area contributed by atoms with Gasteiger partial charge in [0.2, 0.25) is 11.8 Å². The second-order valence-corrected chi connectivity index (χ2v) is 22.0. The Kier molecular flexibility index (Phi) is 14.7. The number of hydrogen-bond acceptors (Lipinski definition) is 10. The van der Waals surface area contributed by atoms with Gasteiger partial charge in [-0.15, -0.1) is 0 Å². The number of nitrogens with one attached hydrogen (secondary N) is 4. The van der Waals surface area contributed by atoms with Crippen molar-refractivity contribution in [3.63, 3.8) is 0 Å². The first-order valence-corrected chi connectivity index (χ1v) is 28.0. The number of carbonyl (C=O) groups is 4. The highest BCUT2D eigenvalue weighted by molar-refractivity contribution is 5.90. The molecule has 18 nitrogen and oxygen atoms in total. The molecule has 6 aliphatic rings. The maximum atomic E-state index is 16.9. The van der Waals surface area contributed by atoms with E-state index < -0.39 is 54.0 Å². The van der Waals surface area contributed by atoms with Crippen molar-refractivity contribution in [2.45, 2.75) is 107 Å². The maximum Gasteiger partial charge on any atom is 0.405 e. The van der Waals surface area contributed by atoms with Crippen LogP contribution in [0.15, 0.2) is 84.9 Å². The van der Waals surface area contributed by atoms with E-state index in [0.29, 0.717) is 137 Å². The molecule has 4 amide bonds. The molecule has 5 saturated heterocycles. The summed E-state index contributed by atoms with van der Waals surface area (Å²) in [7, 11) is 0. The highest BCUT2D eigenvalue weighted by atomic mass is 19.1. The van der Waals surface area contributed by atoms with Crippen molar-refractivity contribution in [2.24, 2.45) is 11.8 Å². The number of halogens is 2. The monoisotopic (exact) mass is 1080 g/mol. The first kappa shape index (κ1) is 52.1. The number of aromatic nitrogens is 4. The van der Waals surface area contributed by atoms with E-state index in [0.717, 1.165) is 48.0 Å². The Morgan fingerprint density at radius 2 is 1.14 bits per heavy atom. The summed E-state index contributed by atoms with van der Waals surface area (Å²) in [6.45, 7) is 3.79. The number of aromatic amines is 2. The Morgan fingerprint density at radius 3 is 1.68 bits per heavy atom. The molecule has 20 heteroatoms. The second-order valence-electron chi connectivity index (χ2n) is 22.0. The fourth-order valence-corrected chi connectivity index (χ4v) is 13.5. The molecule has 414 valence electrons. The van der Waals surface area contributed by atoms with Crippen LogP contribution in [-0.4, -0.2) is 129 Å². The van der Waals surface area contributed by atoms with Crippen LogP contribution in [0.25, 0.3) is 27.8 Å². The van der Waals surface area contributed by atoms with Gasteiger partial charge in [0, 0.05) is 69.6 Å². The van der Waals surface area contributed by atoms with E-state index in [1.165, 1.54) is 17.7 Å². The summed E-state index contributed by atoms with van der Waals surface area (Å²) >= 11 is 0. The lowest BCUT2D eigenvalue weighted by molar-refractivity contribution is -0.137. The third-order valence-electron chi connectivity index (χ3n) is 17.4. The van der Waals surface area contributed by atoms with Crippen LogP contribution in [-0.2, 0) is 19.1 Å². The highest BCUT2D eigenvalue weighted by Gasteiger charge is 2.42. The largest absolute Gasteiger partial charge is 0.465 e. The Labute approximate surface area is 455 Å². The quantitative estimate of drug-likeness (QED) is 0.0637. The number of H-pyrrole nitrogens is 2. The van der Waals surface area contributed by atoms with Crippen molar-refractivity contribution in [2.75, 3.05) is 62.4 Å². The van der Waals surface area contributed by atoms with Crippen LogP contribution in [0.5, 0.6) is 0 Å². The number of likely N-dealkylation sites (tertiary alicyclic amines) is 2. The number of nitrogens with zero attached hydrogens (tertiary/aromatic N) is 6. The number of ether oxygens (including phenoxy) is 2. The van der Waals surface area contributed by atoms with E-state index in [-0.39, 0.29) is 29.3 Å². The third kappa shape index (κ3) is 10.5. The molecule has 2 unspecified atom stereocenters. The maximum absolute atomic E-state index is 16.9. The highest BCUT2D eigenvalue weighted by Crippen LogP contribution is 2.46. The van der Waals surface area contributed by atoms with Crippen LogP contribution in [0, 0.1) is 23.5 Å². The van der Waals surface area contributed by atoms with Gasteiger partial charge in [0.1, 0.15) is 29.4 Å². The Morgan fingerprint density at radius 1 is 0.608 bits per heavy atom. The fraction of sp³-hybridized carbons (Fsp3) is 0.458. The summed E-state index contributed by atoms with van der Waals surface area (Å²) in [6.07, 6.45) is 6.64. The minimum Gasteiger partial charge on any atom is -0.465 e. The predicted molar refractivity (Wildman–Crippen MR) is 291 cm³/mol. The van der Waals surface area contributed by atoms with Gasteiger partial charge in [-0.25, -0.2) is 28.3 Å². The van der Waals surface area contributed by atoms with Gasteiger partial charge >= 0.3 is 12.2 Å². The van der Waals surface area contributed by atoms with Crippen molar-refractivity contribution in [3.8, 4) is 0 Å². The van der Waals surface area contributed by atoms with Crippen LogP contribution in [0.4, 0.5) is 29.7 Å². The first-order valence-electron chi connectivity index (χ1n) is 28.0. The number of fused-ring (bicyclic) bond motifs is 2. The summed E-state index contributed by atoms with van der Waals surface area (Å²) in [5.74, 6) is -0.734. The topological polar surface area (TPSA) is 222 Å². The van der Waals surface area contributed by atoms with E-state index >= 15 is 8.78 Å². The third-order valence-corrected chi connectivity index (χ3v) is 17.4. The molecule has 2 aromatic heterocycles. The van der Waals surface area contributed by atoms with E-state index in [1.807, 2.05) is 64.4 Å². The number of benzene rings is 4. The zero-order chi connectivity index (χ0) is 54.3. The molecule has 0 aliphatic carbocycles. The van der Waals surface area contributed by atoms with Gasteiger partial charge in [0.15, 0.2) is 11.6 Å². The van der Waals surface area contributed by atoms with Gasteiger partial charge < -0.3 is 59.9 Å². The first-order chi connectivity index (χ1) is 38.4. The van der Waals surface area contributed by atoms with Gasteiger partial charge in [0.25, 0.3) is 0 Å². The Hall–Kier alpha value is -7.58. The van der Waals surface area contributed by atoms with Gasteiger partial charge in [-0.1, -0.05) is 48.5 Å². The lowest BCUT2D eigenvalue weighted by Gasteiger charge is -2.35. The molecular weight excluding hydrogens is 1010 g/mol. The number of amides is 4. The van der Waals surface area contributed by atoms with Crippen molar-refractivity contribution < 1.29 is 47.6 Å². The van der Waals surface area contributed by atoms with Gasteiger partial charge in [-0.2, -0.15) is 0 Å². The van der Waals surface area contributed by atoms with Crippen molar-refractivity contribution in [3.05, 3.63) is 125 Å². The van der Waals surface area contributed by atoms with Crippen LogP contribution < -0.4 is 20.4 Å². The molecule has 79 heavy (non-hydrogen) atoms. The molecule has 6 aromatic rings. The molecular formula is C59H66F2N10O8. The summed E-state index contributed by atoms with van der Waals surface area (Å²) in [6, 6.07) is 21.8. The number of anilines is 2. The van der Waals surface area contributed by atoms with Gasteiger partial charge in [-0.05, 0) is 136 Å². The molecule has 0 radical (unpaired) electrons. The average Bonchev–Trinajstić information content (AvgIpc) is 4.37. The molecule has 0 saturated carbocycles. The molecule has 12 rings (SSSR count). The Bertz CT molecular complexity index is 3250. The number of carbonyl (C=O) groups excluding carboxylic acids is 2. The summed E-state index contributed by atoms with van der Waals surface area (Å²) in [5, 5.41) is 24.6. The molecule has 4 aromatic carbocycles. The number of carboxylic acid groups (broad SMARTS) is 2. The van der Waals surface area contributed by atoms with E-state index in [9.17, 15) is 29.4 Å². The van der Waals surface area contributed by atoms with E-state index in [2.05, 4.69) is 38.8 Å². The van der Waals surface area contributed by atoms with Crippen molar-refractivity contribution >= 4 is 63.1 Å². The van der Waals surface area contributed by atoms with E-state index in [1.54, 1.807) is 9.80 Å². The molecule has 0 bridgehead atoms.